The first-order chi connectivity index (χ1) is 13.2. The van der Waals surface area contributed by atoms with Gasteiger partial charge in [0.1, 0.15) is 10.4 Å². The maximum atomic E-state index is 13.2. The van der Waals surface area contributed by atoms with Crippen molar-refractivity contribution in [3.05, 3.63) is 45.6 Å². The standard InChI is InChI=1S/C21H24N2O4S/c1-6-16-12(2)11-17(28-16)19(25)27-13(3)18(24)23-15-10-8-7-9-14(15)22-20(26)21(23,4)5/h7-11,13H,6H2,1-5H3,(H,22,26)/t13-/m0/s1. The Kier molecular flexibility index (Phi) is 5.30. The SMILES string of the molecule is CCc1sc(C(=O)O[C@@H](C)C(=O)N2c3ccccc3NC(=O)C2(C)C)cc1C. The van der Waals surface area contributed by atoms with Crippen LogP contribution in [0.5, 0.6) is 0 Å². The first kappa shape index (κ1) is 20.1. The number of carbonyl (C=O) groups is 3. The third-order valence-electron chi connectivity index (χ3n) is 4.90. The van der Waals surface area contributed by atoms with Crippen molar-refractivity contribution in [3.8, 4) is 0 Å². The molecule has 148 valence electrons. The van der Waals surface area contributed by atoms with E-state index in [1.165, 1.54) is 23.2 Å². The number of hydrogen-bond acceptors (Lipinski definition) is 5. The summed E-state index contributed by atoms with van der Waals surface area (Å²) in [6.07, 6.45) is -0.190. The number of nitrogens with zero attached hydrogens (tertiary/aromatic N) is 1. The Morgan fingerprint density at radius 3 is 2.61 bits per heavy atom. The number of anilines is 2. The third-order valence-corrected chi connectivity index (χ3v) is 6.26. The van der Waals surface area contributed by atoms with Crippen molar-refractivity contribution in [2.75, 3.05) is 10.2 Å². The van der Waals surface area contributed by atoms with Gasteiger partial charge in [0.25, 0.3) is 5.91 Å². The highest BCUT2D eigenvalue weighted by molar-refractivity contribution is 7.14. The minimum atomic E-state index is -1.11. The number of para-hydroxylation sites is 2. The largest absolute Gasteiger partial charge is 0.448 e. The van der Waals surface area contributed by atoms with Crippen LogP contribution in [-0.4, -0.2) is 29.4 Å². The first-order valence-corrected chi connectivity index (χ1v) is 10.0. The van der Waals surface area contributed by atoms with E-state index >= 15 is 0 Å². The van der Waals surface area contributed by atoms with Gasteiger partial charge in [-0.05, 0) is 57.9 Å². The predicted octanol–water partition coefficient (Wildman–Crippen LogP) is 3.93. The zero-order valence-electron chi connectivity index (χ0n) is 16.7. The summed E-state index contributed by atoms with van der Waals surface area (Å²) in [6, 6.07) is 8.87. The molecule has 0 saturated heterocycles. The molecule has 0 radical (unpaired) electrons. The van der Waals surface area contributed by atoms with Crippen molar-refractivity contribution in [1.82, 2.24) is 0 Å². The van der Waals surface area contributed by atoms with Crippen LogP contribution in [0.1, 0.15) is 47.8 Å². The van der Waals surface area contributed by atoms with E-state index in [4.69, 9.17) is 4.74 Å². The van der Waals surface area contributed by atoms with Gasteiger partial charge in [0.15, 0.2) is 6.10 Å². The first-order valence-electron chi connectivity index (χ1n) is 9.21. The van der Waals surface area contributed by atoms with Crippen LogP contribution in [0, 0.1) is 6.92 Å². The van der Waals surface area contributed by atoms with Crippen LogP contribution in [0.2, 0.25) is 0 Å². The van der Waals surface area contributed by atoms with Gasteiger partial charge in [0.05, 0.1) is 11.4 Å². The highest BCUT2D eigenvalue weighted by Gasteiger charge is 2.45. The Morgan fingerprint density at radius 2 is 1.96 bits per heavy atom. The second-order valence-corrected chi connectivity index (χ2v) is 8.46. The zero-order valence-corrected chi connectivity index (χ0v) is 17.5. The summed E-state index contributed by atoms with van der Waals surface area (Å²) in [5.41, 5.74) is 1.07. The number of benzene rings is 1. The Bertz CT molecular complexity index is 948. The molecule has 1 atom stereocenters. The molecule has 1 aromatic heterocycles. The molecule has 0 spiro atoms. The highest BCUT2D eigenvalue weighted by atomic mass is 32.1. The summed E-state index contributed by atoms with van der Waals surface area (Å²) in [5, 5.41) is 2.82. The summed E-state index contributed by atoms with van der Waals surface area (Å²) in [7, 11) is 0. The van der Waals surface area contributed by atoms with E-state index in [0.717, 1.165) is 16.9 Å². The Morgan fingerprint density at radius 1 is 1.29 bits per heavy atom. The lowest BCUT2D eigenvalue weighted by Crippen LogP contribution is -2.60. The van der Waals surface area contributed by atoms with Crippen LogP contribution in [0.4, 0.5) is 11.4 Å². The molecule has 2 heterocycles. The summed E-state index contributed by atoms with van der Waals surface area (Å²) in [4.78, 5) is 41.3. The molecule has 0 aliphatic carbocycles. The van der Waals surface area contributed by atoms with Gasteiger partial charge in [-0.25, -0.2) is 4.79 Å². The molecule has 0 saturated carbocycles. The lowest BCUT2D eigenvalue weighted by Gasteiger charge is -2.42. The Balaban J connectivity index is 1.85. The molecule has 7 heteroatoms. The molecule has 0 fully saturated rings. The number of aryl methyl sites for hydroxylation is 2. The van der Waals surface area contributed by atoms with E-state index in [1.54, 1.807) is 44.2 Å². The zero-order chi connectivity index (χ0) is 20.6. The summed E-state index contributed by atoms with van der Waals surface area (Å²) in [6.45, 7) is 8.85. The van der Waals surface area contributed by atoms with Crippen molar-refractivity contribution < 1.29 is 19.1 Å². The molecule has 0 bridgehead atoms. The number of fused-ring (bicyclic) bond motifs is 1. The van der Waals surface area contributed by atoms with E-state index in [0.29, 0.717) is 16.3 Å². The van der Waals surface area contributed by atoms with E-state index in [2.05, 4.69) is 5.32 Å². The second-order valence-electron chi connectivity index (χ2n) is 7.32. The highest BCUT2D eigenvalue weighted by Crippen LogP contribution is 2.37. The van der Waals surface area contributed by atoms with Crippen LogP contribution in [0.25, 0.3) is 0 Å². The average Bonchev–Trinajstić information content (AvgIpc) is 3.03. The van der Waals surface area contributed by atoms with Gasteiger partial charge in [-0.3, -0.25) is 14.5 Å². The average molecular weight is 401 g/mol. The number of amides is 2. The number of hydrogen-bond donors (Lipinski definition) is 1. The molecule has 1 aliphatic rings. The minimum absolute atomic E-state index is 0.292. The normalized spacial score (nSPS) is 16.2. The molecule has 2 amide bonds. The predicted molar refractivity (Wildman–Crippen MR) is 110 cm³/mol. The summed E-state index contributed by atoms with van der Waals surface area (Å²) in [5.74, 6) is -1.26. The molecule has 1 aliphatic heterocycles. The topological polar surface area (TPSA) is 75.7 Å². The lowest BCUT2D eigenvalue weighted by molar-refractivity contribution is -0.131. The fourth-order valence-corrected chi connectivity index (χ4v) is 4.27. The lowest BCUT2D eigenvalue weighted by atomic mass is 9.95. The monoisotopic (exact) mass is 400 g/mol. The number of thiophene rings is 1. The minimum Gasteiger partial charge on any atom is -0.448 e. The number of nitrogens with one attached hydrogen (secondary N) is 1. The third kappa shape index (κ3) is 3.42. The number of esters is 1. The molecule has 2 aromatic rings. The molecule has 3 rings (SSSR count). The van der Waals surface area contributed by atoms with Crippen LogP contribution in [0.15, 0.2) is 30.3 Å². The van der Waals surface area contributed by atoms with Crippen molar-refractivity contribution in [2.45, 2.75) is 52.7 Å². The maximum absolute atomic E-state index is 13.2. The van der Waals surface area contributed by atoms with Crippen molar-refractivity contribution in [2.24, 2.45) is 0 Å². The molecular weight excluding hydrogens is 376 g/mol. The molecule has 1 aromatic carbocycles. The van der Waals surface area contributed by atoms with Crippen LogP contribution in [-0.2, 0) is 20.7 Å². The van der Waals surface area contributed by atoms with Crippen molar-refractivity contribution in [1.29, 1.82) is 0 Å². The van der Waals surface area contributed by atoms with Gasteiger partial charge in [-0.2, -0.15) is 0 Å². The smallest absolute Gasteiger partial charge is 0.349 e. The molecule has 0 unspecified atom stereocenters. The fraction of sp³-hybridized carbons (Fsp3) is 0.381. The fourth-order valence-electron chi connectivity index (χ4n) is 3.27. The maximum Gasteiger partial charge on any atom is 0.349 e. The van der Waals surface area contributed by atoms with E-state index in [-0.39, 0.29) is 5.91 Å². The Labute approximate surface area is 168 Å². The summed E-state index contributed by atoms with van der Waals surface area (Å²) >= 11 is 1.38. The van der Waals surface area contributed by atoms with Crippen LogP contribution in [0.3, 0.4) is 0 Å². The van der Waals surface area contributed by atoms with E-state index in [9.17, 15) is 14.4 Å². The molecular formula is C21H24N2O4S. The number of rotatable bonds is 4. The quantitative estimate of drug-likeness (QED) is 0.789. The summed E-state index contributed by atoms with van der Waals surface area (Å²) < 4.78 is 5.46. The molecule has 28 heavy (non-hydrogen) atoms. The van der Waals surface area contributed by atoms with E-state index < -0.39 is 23.5 Å². The van der Waals surface area contributed by atoms with Crippen LogP contribution < -0.4 is 10.2 Å². The molecule has 1 N–H and O–H groups in total. The van der Waals surface area contributed by atoms with Gasteiger partial charge >= 0.3 is 5.97 Å². The number of carbonyl (C=O) groups excluding carboxylic acids is 3. The van der Waals surface area contributed by atoms with Gasteiger partial charge < -0.3 is 10.1 Å². The second kappa shape index (κ2) is 7.39. The van der Waals surface area contributed by atoms with Crippen molar-refractivity contribution in [3.63, 3.8) is 0 Å². The number of ether oxygens (including phenoxy) is 1. The van der Waals surface area contributed by atoms with Gasteiger partial charge in [0, 0.05) is 4.88 Å². The van der Waals surface area contributed by atoms with Gasteiger partial charge in [-0.1, -0.05) is 19.1 Å². The molecule has 6 nitrogen and oxygen atoms in total. The van der Waals surface area contributed by atoms with E-state index in [1.807, 2.05) is 13.8 Å². The van der Waals surface area contributed by atoms with Gasteiger partial charge in [0.2, 0.25) is 5.91 Å². The van der Waals surface area contributed by atoms with Gasteiger partial charge in [-0.15, -0.1) is 11.3 Å². The van der Waals surface area contributed by atoms with Crippen molar-refractivity contribution >= 4 is 40.5 Å². The Hall–Kier alpha value is -2.67. The van der Waals surface area contributed by atoms with Crippen LogP contribution >= 0.6 is 11.3 Å².